The van der Waals surface area contributed by atoms with Gasteiger partial charge in [-0.2, -0.15) is 18.3 Å². The fraction of sp³-hybridized carbons (Fsp3) is 0.105. The van der Waals surface area contributed by atoms with Gasteiger partial charge in [-0.25, -0.2) is 10.4 Å². The van der Waals surface area contributed by atoms with Crippen LogP contribution >= 0.6 is 11.3 Å². The normalized spacial score (nSPS) is 11.7. The second kappa shape index (κ2) is 7.71. The summed E-state index contributed by atoms with van der Waals surface area (Å²) in [6.45, 7) is 1.77. The van der Waals surface area contributed by atoms with Crippen molar-refractivity contribution in [2.24, 2.45) is 5.10 Å². The number of carbonyl (C=O) groups is 1. The molecule has 0 atom stereocenters. The van der Waals surface area contributed by atoms with Crippen molar-refractivity contribution in [1.29, 1.82) is 0 Å². The molecule has 0 aliphatic rings. The molecule has 8 heteroatoms. The smallest absolute Gasteiger partial charge is 0.266 e. The van der Waals surface area contributed by atoms with Crippen molar-refractivity contribution in [1.82, 2.24) is 10.4 Å². The van der Waals surface area contributed by atoms with Crippen LogP contribution in [0.25, 0.3) is 10.6 Å². The molecule has 27 heavy (non-hydrogen) atoms. The van der Waals surface area contributed by atoms with Crippen molar-refractivity contribution in [3.8, 4) is 10.6 Å². The summed E-state index contributed by atoms with van der Waals surface area (Å²) in [6, 6.07) is 14.1. The number of aryl methyl sites for hydroxylation is 1. The molecule has 0 radical (unpaired) electrons. The van der Waals surface area contributed by atoms with E-state index in [4.69, 9.17) is 0 Å². The van der Waals surface area contributed by atoms with Crippen LogP contribution in [-0.4, -0.2) is 17.1 Å². The number of aromatic nitrogens is 1. The van der Waals surface area contributed by atoms with Crippen molar-refractivity contribution in [2.45, 2.75) is 13.1 Å². The summed E-state index contributed by atoms with van der Waals surface area (Å²) in [5.41, 5.74) is 2.89. The Morgan fingerprint density at radius 1 is 1.15 bits per heavy atom. The van der Waals surface area contributed by atoms with Gasteiger partial charge in [0.2, 0.25) is 0 Å². The van der Waals surface area contributed by atoms with Gasteiger partial charge < -0.3 is 0 Å². The largest absolute Gasteiger partial charge is 0.416 e. The number of carbonyl (C=O) groups excluding carboxylic acids is 1. The van der Waals surface area contributed by atoms with Gasteiger partial charge in [0.15, 0.2) is 0 Å². The zero-order valence-corrected chi connectivity index (χ0v) is 14.9. The zero-order chi connectivity index (χ0) is 19.4. The minimum atomic E-state index is -4.43. The van der Waals surface area contributed by atoms with E-state index in [1.807, 2.05) is 30.3 Å². The Labute approximate surface area is 157 Å². The highest BCUT2D eigenvalue weighted by Gasteiger charge is 2.30. The van der Waals surface area contributed by atoms with Crippen LogP contribution < -0.4 is 5.43 Å². The van der Waals surface area contributed by atoms with Crippen LogP contribution in [0, 0.1) is 6.92 Å². The van der Waals surface area contributed by atoms with Crippen molar-refractivity contribution >= 4 is 23.5 Å². The van der Waals surface area contributed by atoms with Crippen LogP contribution in [0.2, 0.25) is 0 Å². The Bertz CT molecular complexity index is 981. The van der Waals surface area contributed by atoms with E-state index in [1.165, 1.54) is 23.5 Å². The van der Waals surface area contributed by atoms with Crippen molar-refractivity contribution < 1.29 is 18.0 Å². The van der Waals surface area contributed by atoms with Crippen LogP contribution in [0.3, 0.4) is 0 Å². The summed E-state index contributed by atoms with van der Waals surface area (Å²) in [6.07, 6.45) is -3.27. The van der Waals surface area contributed by atoms with Crippen LogP contribution in [0.4, 0.5) is 13.2 Å². The predicted molar refractivity (Wildman–Crippen MR) is 98.8 cm³/mol. The third kappa shape index (κ3) is 4.59. The van der Waals surface area contributed by atoms with E-state index in [0.29, 0.717) is 5.01 Å². The Morgan fingerprint density at radius 3 is 2.59 bits per heavy atom. The lowest BCUT2D eigenvalue weighted by molar-refractivity contribution is -0.137. The molecular weight excluding hydrogens is 375 g/mol. The van der Waals surface area contributed by atoms with Gasteiger partial charge in [0.05, 0.1) is 11.8 Å². The van der Waals surface area contributed by atoms with Gasteiger partial charge in [0.1, 0.15) is 10.7 Å². The van der Waals surface area contributed by atoms with Crippen LogP contribution in [-0.2, 0) is 6.18 Å². The van der Waals surface area contributed by atoms with Crippen LogP contribution in [0.15, 0.2) is 59.7 Å². The number of alkyl halides is 3. The number of halogens is 3. The number of amides is 1. The number of benzene rings is 2. The first kappa shape index (κ1) is 18.8. The third-order valence-electron chi connectivity index (χ3n) is 3.63. The minimum Gasteiger partial charge on any atom is -0.266 e. The highest BCUT2D eigenvalue weighted by atomic mass is 32.1. The van der Waals surface area contributed by atoms with Gasteiger partial charge in [-0.3, -0.25) is 4.79 Å². The molecule has 1 aromatic heterocycles. The lowest BCUT2D eigenvalue weighted by Crippen LogP contribution is -2.19. The average molecular weight is 389 g/mol. The number of hydrogen-bond donors (Lipinski definition) is 1. The van der Waals surface area contributed by atoms with E-state index >= 15 is 0 Å². The first-order chi connectivity index (χ1) is 12.8. The summed E-state index contributed by atoms with van der Waals surface area (Å²) in [5, 5.41) is 4.45. The number of hydrogen-bond acceptors (Lipinski definition) is 4. The highest BCUT2D eigenvalue weighted by Crippen LogP contribution is 2.29. The lowest BCUT2D eigenvalue weighted by Gasteiger charge is -2.06. The molecule has 0 unspecified atom stereocenters. The number of rotatable bonds is 4. The van der Waals surface area contributed by atoms with Gasteiger partial charge in [-0.05, 0) is 24.6 Å². The Hall–Kier alpha value is -3.00. The molecule has 1 N–H and O–H groups in total. The van der Waals surface area contributed by atoms with Crippen molar-refractivity contribution in [3.63, 3.8) is 0 Å². The summed E-state index contributed by atoms with van der Waals surface area (Å²) >= 11 is 1.38. The number of nitrogens with one attached hydrogen (secondary N) is 1. The second-order valence-corrected chi connectivity index (χ2v) is 6.82. The molecule has 0 aliphatic carbocycles. The Balaban J connectivity index is 1.71. The first-order valence-corrected chi connectivity index (χ1v) is 8.70. The third-order valence-corrected chi connectivity index (χ3v) is 4.65. The van der Waals surface area contributed by atoms with Gasteiger partial charge in [-0.15, -0.1) is 11.3 Å². The lowest BCUT2D eigenvalue weighted by atomic mass is 10.1. The summed E-state index contributed by atoms with van der Waals surface area (Å²) in [4.78, 5) is 17.3. The highest BCUT2D eigenvalue weighted by molar-refractivity contribution is 7.15. The van der Waals surface area contributed by atoms with Gasteiger partial charge in [-0.1, -0.05) is 42.5 Å². The molecule has 0 saturated heterocycles. The van der Waals surface area contributed by atoms with Gasteiger partial charge >= 0.3 is 6.18 Å². The Kier molecular flexibility index (Phi) is 5.36. The van der Waals surface area contributed by atoms with Crippen LogP contribution in [0.1, 0.15) is 26.5 Å². The minimum absolute atomic E-state index is 0.227. The molecule has 4 nitrogen and oxygen atoms in total. The summed E-state index contributed by atoms with van der Waals surface area (Å²) < 4.78 is 38.1. The molecule has 3 rings (SSSR count). The van der Waals surface area contributed by atoms with Gasteiger partial charge in [0, 0.05) is 10.4 Å². The molecule has 2 aromatic carbocycles. The zero-order valence-electron chi connectivity index (χ0n) is 14.1. The summed E-state index contributed by atoms with van der Waals surface area (Å²) in [5.74, 6) is -0.519. The van der Waals surface area contributed by atoms with Crippen molar-refractivity contribution in [3.05, 3.63) is 76.3 Å². The first-order valence-electron chi connectivity index (χ1n) is 7.88. The SMILES string of the molecule is Cc1sc(-c2ccccc2)nc1C(=O)N/N=C\c1cccc(C(F)(F)F)c1. The van der Waals surface area contributed by atoms with E-state index in [9.17, 15) is 18.0 Å². The topological polar surface area (TPSA) is 54.4 Å². The van der Waals surface area contributed by atoms with Crippen LogP contribution in [0.5, 0.6) is 0 Å². The van der Waals surface area contributed by atoms with Gasteiger partial charge in [0.25, 0.3) is 5.91 Å². The standard InChI is InChI=1S/C19H14F3N3OS/c1-12-16(24-18(27-12)14-7-3-2-4-8-14)17(26)25-23-11-13-6-5-9-15(10-13)19(20,21)22/h2-11H,1H3,(H,25,26)/b23-11-. The molecule has 138 valence electrons. The number of thiazole rings is 1. The van der Waals surface area contributed by atoms with E-state index in [0.717, 1.165) is 28.8 Å². The molecule has 0 fully saturated rings. The average Bonchev–Trinajstić information content (AvgIpc) is 3.04. The molecule has 0 bridgehead atoms. The molecule has 3 aromatic rings. The van der Waals surface area contributed by atoms with E-state index < -0.39 is 17.6 Å². The maximum atomic E-state index is 12.7. The summed E-state index contributed by atoms with van der Waals surface area (Å²) in [7, 11) is 0. The monoisotopic (exact) mass is 389 g/mol. The number of hydrazone groups is 1. The second-order valence-electron chi connectivity index (χ2n) is 5.61. The quantitative estimate of drug-likeness (QED) is 0.510. The maximum absolute atomic E-state index is 12.7. The molecule has 0 saturated carbocycles. The van der Waals surface area contributed by atoms with E-state index in [2.05, 4.69) is 15.5 Å². The van der Waals surface area contributed by atoms with E-state index in [1.54, 1.807) is 6.92 Å². The van der Waals surface area contributed by atoms with Crippen molar-refractivity contribution in [2.75, 3.05) is 0 Å². The fourth-order valence-corrected chi connectivity index (χ4v) is 3.24. The van der Waals surface area contributed by atoms with E-state index in [-0.39, 0.29) is 11.3 Å². The maximum Gasteiger partial charge on any atom is 0.416 e. The fourth-order valence-electron chi connectivity index (χ4n) is 2.32. The molecule has 0 aliphatic heterocycles. The molecule has 1 heterocycles. The molecule has 0 spiro atoms. The predicted octanol–water partition coefficient (Wildman–Crippen LogP) is 4.90. The molecular formula is C19H14F3N3OS. The Morgan fingerprint density at radius 2 is 1.89 bits per heavy atom. The number of nitrogens with zero attached hydrogens (tertiary/aromatic N) is 2. The molecule has 1 amide bonds.